The minimum absolute atomic E-state index is 0.0949. The quantitative estimate of drug-likeness (QED) is 0.612. The largest absolute Gasteiger partial charge is 0.463 e. The van der Waals surface area contributed by atoms with Crippen LogP contribution >= 0.6 is 0 Å². The maximum absolute atomic E-state index is 10.7. The van der Waals surface area contributed by atoms with Crippen molar-refractivity contribution < 1.29 is 24.2 Å². The highest BCUT2D eigenvalue weighted by molar-refractivity contribution is 5.66. The van der Waals surface area contributed by atoms with Crippen LogP contribution in [-0.2, 0) is 19.1 Å². The number of rotatable bonds is 10. The number of unbranched alkanes of at least 4 members (excludes halogenated alkanes) is 2. The Hall–Kier alpha value is -1.10. The Bertz CT molecular complexity index is 302. The van der Waals surface area contributed by atoms with Gasteiger partial charge < -0.3 is 14.6 Å². The van der Waals surface area contributed by atoms with E-state index in [4.69, 9.17) is 14.6 Å². The molecule has 0 aromatic rings. The standard InChI is InChI=1S/C10H20O3.C8H16O2/c1-4-5-6-10(7-8(2)11)13-9(3)12;1-4-5-6-7(2)10-8(3)9/h8,10-11H,4-7H2,1-3H3;7H,4-6H2,1-3H3. The highest BCUT2D eigenvalue weighted by Gasteiger charge is 2.13. The van der Waals surface area contributed by atoms with Gasteiger partial charge in [0.1, 0.15) is 6.10 Å². The summed E-state index contributed by atoms with van der Waals surface area (Å²) in [5.41, 5.74) is 0. The molecule has 0 rings (SSSR count). The van der Waals surface area contributed by atoms with Gasteiger partial charge in [-0.3, -0.25) is 9.59 Å². The smallest absolute Gasteiger partial charge is 0.302 e. The van der Waals surface area contributed by atoms with Gasteiger partial charge >= 0.3 is 11.9 Å². The fourth-order valence-electron chi connectivity index (χ4n) is 2.11. The predicted octanol–water partition coefficient (Wildman–Crippen LogP) is 4.01. The summed E-state index contributed by atoms with van der Waals surface area (Å²) in [6, 6.07) is 0. The number of aliphatic hydroxyl groups excluding tert-OH is 1. The number of carbonyl (C=O) groups excluding carboxylic acids is 2. The zero-order valence-electron chi connectivity index (χ0n) is 15.8. The van der Waals surface area contributed by atoms with Gasteiger partial charge in [0.05, 0.1) is 12.2 Å². The van der Waals surface area contributed by atoms with Crippen molar-refractivity contribution in [2.75, 3.05) is 0 Å². The molecule has 23 heavy (non-hydrogen) atoms. The normalized spacial score (nSPS) is 14.0. The molecule has 3 unspecified atom stereocenters. The molecule has 0 aliphatic rings. The Morgan fingerprint density at radius 3 is 1.78 bits per heavy atom. The van der Waals surface area contributed by atoms with Crippen molar-refractivity contribution in [2.45, 2.75) is 105 Å². The van der Waals surface area contributed by atoms with E-state index >= 15 is 0 Å². The molecular formula is C18H36O5. The number of carbonyl (C=O) groups is 2. The van der Waals surface area contributed by atoms with Crippen LogP contribution in [0.25, 0.3) is 0 Å². The Labute approximate surface area is 141 Å². The molecule has 0 fully saturated rings. The first-order valence-corrected chi connectivity index (χ1v) is 8.75. The first-order chi connectivity index (χ1) is 10.7. The Morgan fingerprint density at radius 1 is 0.913 bits per heavy atom. The SMILES string of the molecule is CCCCC(C)OC(C)=O.CCCCC(CC(C)O)OC(C)=O. The van der Waals surface area contributed by atoms with Crippen LogP contribution in [0, 0.1) is 0 Å². The van der Waals surface area contributed by atoms with Gasteiger partial charge in [0.25, 0.3) is 0 Å². The van der Waals surface area contributed by atoms with Crippen LogP contribution in [0.3, 0.4) is 0 Å². The third-order valence-corrected chi connectivity index (χ3v) is 3.15. The highest BCUT2D eigenvalue weighted by Crippen LogP contribution is 2.11. The average Bonchev–Trinajstić information content (AvgIpc) is 2.41. The second-order valence-electron chi connectivity index (χ2n) is 6.02. The Kier molecular flexibility index (Phi) is 16.6. The van der Waals surface area contributed by atoms with Crippen LogP contribution in [0.15, 0.2) is 0 Å². The minimum Gasteiger partial charge on any atom is -0.463 e. The molecule has 0 bridgehead atoms. The summed E-state index contributed by atoms with van der Waals surface area (Å²) in [4.78, 5) is 21.1. The van der Waals surface area contributed by atoms with Crippen molar-refractivity contribution in [1.82, 2.24) is 0 Å². The first kappa shape index (κ1) is 24.2. The molecular weight excluding hydrogens is 296 g/mol. The summed E-state index contributed by atoms with van der Waals surface area (Å²) in [5.74, 6) is -0.439. The second kappa shape index (κ2) is 15.8. The number of hydrogen-bond acceptors (Lipinski definition) is 5. The van der Waals surface area contributed by atoms with E-state index in [1.54, 1.807) is 6.92 Å². The van der Waals surface area contributed by atoms with Gasteiger partial charge in [0, 0.05) is 20.3 Å². The minimum atomic E-state index is -0.402. The van der Waals surface area contributed by atoms with Crippen LogP contribution in [0.5, 0.6) is 0 Å². The van der Waals surface area contributed by atoms with E-state index in [-0.39, 0.29) is 24.1 Å². The van der Waals surface area contributed by atoms with E-state index in [0.717, 1.165) is 38.5 Å². The van der Waals surface area contributed by atoms with Gasteiger partial charge in [0.2, 0.25) is 0 Å². The summed E-state index contributed by atoms with van der Waals surface area (Å²) in [6.45, 7) is 10.7. The predicted molar refractivity (Wildman–Crippen MR) is 92.1 cm³/mol. The van der Waals surface area contributed by atoms with Crippen LogP contribution in [-0.4, -0.2) is 35.4 Å². The molecule has 1 N–H and O–H groups in total. The summed E-state index contributed by atoms with van der Waals surface area (Å²) in [7, 11) is 0. The molecule has 0 aromatic carbocycles. The van der Waals surface area contributed by atoms with Crippen molar-refractivity contribution >= 4 is 11.9 Å². The molecule has 0 aliphatic carbocycles. The fourth-order valence-corrected chi connectivity index (χ4v) is 2.11. The lowest BCUT2D eigenvalue weighted by Crippen LogP contribution is -2.21. The lowest BCUT2D eigenvalue weighted by Gasteiger charge is -2.17. The zero-order valence-corrected chi connectivity index (χ0v) is 15.8. The van der Waals surface area contributed by atoms with Crippen LogP contribution in [0.2, 0.25) is 0 Å². The molecule has 138 valence electrons. The van der Waals surface area contributed by atoms with Gasteiger partial charge in [-0.25, -0.2) is 0 Å². The summed E-state index contributed by atoms with van der Waals surface area (Å²) >= 11 is 0. The van der Waals surface area contributed by atoms with Crippen LogP contribution in [0.1, 0.15) is 86.5 Å². The highest BCUT2D eigenvalue weighted by atomic mass is 16.5. The van der Waals surface area contributed by atoms with E-state index < -0.39 is 6.10 Å². The molecule has 0 aliphatic heterocycles. The molecule has 3 atom stereocenters. The summed E-state index contributed by atoms with van der Waals surface area (Å²) in [5, 5.41) is 9.14. The molecule has 0 radical (unpaired) electrons. The van der Waals surface area contributed by atoms with Crippen molar-refractivity contribution in [3.8, 4) is 0 Å². The van der Waals surface area contributed by atoms with E-state index in [1.165, 1.54) is 13.8 Å². The first-order valence-electron chi connectivity index (χ1n) is 8.75. The van der Waals surface area contributed by atoms with Crippen LogP contribution in [0.4, 0.5) is 0 Å². The molecule has 0 saturated carbocycles. The van der Waals surface area contributed by atoms with Gasteiger partial charge in [-0.1, -0.05) is 39.5 Å². The molecule has 5 heteroatoms. The van der Waals surface area contributed by atoms with E-state index in [2.05, 4.69) is 13.8 Å². The second-order valence-corrected chi connectivity index (χ2v) is 6.02. The molecule has 0 aromatic heterocycles. The summed E-state index contributed by atoms with van der Waals surface area (Å²) < 4.78 is 9.98. The molecule has 0 spiro atoms. The van der Waals surface area contributed by atoms with Gasteiger partial charge in [-0.05, 0) is 26.7 Å². The lowest BCUT2D eigenvalue weighted by molar-refractivity contribution is -0.148. The molecule has 5 nitrogen and oxygen atoms in total. The van der Waals surface area contributed by atoms with Crippen molar-refractivity contribution in [2.24, 2.45) is 0 Å². The van der Waals surface area contributed by atoms with Gasteiger partial charge in [0.15, 0.2) is 0 Å². The van der Waals surface area contributed by atoms with Crippen molar-refractivity contribution in [3.05, 3.63) is 0 Å². The summed E-state index contributed by atoms with van der Waals surface area (Å²) in [6.07, 6.45) is 6.36. The Balaban J connectivity index is 0. The monoisotopic (exact) mass is 332 g/mol. The number of esters is 2. The van der Waals surface area contributed by atoms with Crippen molar-refractivity contribution in [3.63, 3.8) is 0 Å². The van der Waals surface area contributed by atoms with Crippen LogP contribution < -0.4 is 0 Å². The fraction of sp³-hybridized carbons (Fsp3) is 0.889. The van der Waals surface area contributed by atoms with Crippen molar-refractivity contribution in [1.29, 1.82) is 0 Å². The maximum Gasteiger partial charge on any atom is 0.302 e. The topological polar surface area (TPSA) is 72.8 Å². The maximum atomic E-state index is 10.7. The van der Waals surface area contributed by atoms with Gasteiger partial charge in [-0.2, -0.15) is 0 Å². The van der Waals surface area contributed by atoms with E-state index in [0.29, 0.717) is 6.42 Å². The molecule has 0 amide bonds. The number of ether oxygens (including phenoxy) is 2. The Morgan fingerprint density at radius 2 is 1.39 bits per heavy atom. The van der Waals surface area contributed by atoms with Gasteiger partial charge in [-0.15, -0.1) is 0 Å². The number of aliphatic hydroxyl groups is 1. The average molecular weight is 332 g/mol. The van der Waals surface area contributed by atoms with E-state index in [9.17, 15) is 9.59 Å². The molecule has 0 saturated heterocycles. The third kappa shape index (κ3) is 20.9. The van der Waals surface area contributed by atoms with E-state index in [1.807, 2.05) is 6.92 Å². The number of hydrogen-bond donors (Lipinski definition) is 1. The lowest BCUT2D eigenvalue weighted by atomic mass is 10.1. The molecule has 0 heterocycles. The zero-order chi connectivity index (χ0) is 18.3. The third-order valence-electron chi connectivity index (χ3n) is 3.15.